The van der Waals surface area contributed by atoms with Crippen molar-refractivity contribution in [2.75, 3.05) is 0 Å². The molecule has 12 aromatic rings. The molecular weight excluding hydrogens is 831 g/mol. The van der Waals surface area contributed by atoms with Crippen LogP contribution in [0.5, 0.6) is 0 Å². The molecule has 0 radical (unpaired) electrons. The molecule has 7 heteroatoms. The van der Waals surface area contributed by atoms with Crippen LogP contribution >= 0.6 is 0 Å². The zero-order chi connectivity index (χ0) is 45.0. The first kappa shape index (κ1) is 39.3. The van der Waals surface area contributed by atoms with Gasteiger partial charge in [0, 0.05) is 55.4 Å². The van der Waals surface area contributed by atoms with Crippen molar-refractivity contribution in [2.24, 2.45) is 0 Å². The van der Waals surface area contributed by atoms with Crippen LogP contribution in [0.25, 0.3) is 112 Å². The number of benzene rings is 8. The fourth-order valence-corrected chi connectivity index (χ4v) is 9.84. The van der Waals surface area contributed by atoms with Crippen molar-refractivity contribution in [3.8, 4) is 68.1 Å². The minimum atomic E-state index is 0.108. The van der Waals surface area contributed by atoms with Crippen LogP contribution in [0, 0.1) is 0 Å². The lowest BCUT2D eigenvalue weighted by atomic mass is 9.99. The lowest BCUT2D eigenvalue weighted by molar-refractivity contribution is 0.775. The molecule has 0 amide bonds. The molecule has 4 heterocycles. The third-order valence-electron chi connectivity index (χ3n) is 13.1. The van der Waals surface area contributed by atoms with E-state index >= 15 is 0 Å². The van der Waals surface area contributed by atoms with Crippen LogP contribution in [0.4, 0.5) is 0 Å². The first-order chi connectivity index (χ1) is 33.7. The molecule has 68 heavy (non-hydrogen) atoms. The highest BCUT2D eigenvalue weighted by molar-refractivity contribution is 6.23. The molecule has 0 aliphatic heterocycles. The summed E-state index contributed by atoms with van der Waals surface area (Å²) in [6.45, 7) is 0. The van der Waals surface area contributed by atoms with E-state index in [0.29, 0.717) is 17.6 Å². The first-order valence-electron chi connectivity index (χ1n) is 23.0. The second-order valence-corrected chi connectivity index (χ2v) is 17.2. The van der Waals surface area contributed by atoms with Gasteiger partial charge in [0.1, 0.15) is 5.82 Å². The van der Waals surface area contributed by atoms with Gasteiger partial charge in [0.15, 0.2) is 11.6 Å². The molecule has 1 aliphatic rings. The van der Waals surface area contributed by atoms with Crippen molar-refractivity contribution in [3.05, 3.63) is 236 Å². The van der Waals surface area contributed by atoms with Crippen LogP contribution in [-0.4, -0.2) is 34.1 Å². The Morgan fingerprint density at radius 1 is 0.368 bits per heavy atom. The molecule has 7 nitrogen and oxygen atoms in total. The number of nitrogens with zero attached hydrogens (tertiary/aromatic N) is 7. The molecular formula is C61H41N7. The van der Waals surface area contributed by atoms with E-state index in [0.717, 1.165) is 106 Å². The van der Waals surface area contributed by atoms with E-state index in [1.54, 1.807) is 0 Å². The maximum absolute atomic E-state index is 5.40. The molecule has 0 N–H and O–H groups in total. The molecule has 13 rings (SSSR count). The van der Waals surface area contributed by atoms with Crippen LogP contribution in [0.1, 0.15) is 18.2 Å². The lowest BCUT2D eigenvalue weighted by Crippen LogP contribution is -2.07. The van der Waals surface area contributed by atoms with E-state index < -0.39 is 0 Å². The normalized spacial score (nSPS) is 13.6. The number of aromatic nitrogens is 7. The number of rotatable bonds is 8. The Labute approximate surface area is 392 Å². The Bertz CT molecular complexity index is 3930. The maximum atomic E-state index is 5.40. The highest BCUT2D eigenvalue weighted by atomic mass is 15.2. The van der Waals surface area contributed by atoms with Crippen molar-refractivity contribution < 1.29 is 0 Å². The molecule has 8 aromatic carbocycles. The molecule has 0 fully saturated rings. The van der Waals surface area contributed by atoms with E-state index in [9.17, 15) is 0 Å². The van der Waals surface area contributed by atoms with Gasteiger partial charge in [-0.05, 0) is 53.9 Å². The van der Waals surface area contributed by atoms with E-state index in [1.165, 1.54) is 0 Å². The molecule has 0 bridgehead atoms. The van der Waals surface area contributed by atoms with E-state index in [-0.39, 0.29) is 5.92 Å². The average molecular weight is 872 g/mol. The summed E-state index contributed by atoms with van der Waals surface area (Å²) in [6, 6.07) is 72.2. The Morgan fingerprint density at radius 3 is 1.54 bits per heavy atom. The third-order valence-corrected chi connectivity index (χ3v) is 13.1. The minimum Gasteiger partial charge on any atom is -0.307 e. The third kappa shape index (κ3) is 6.79. The second-order valence-electron chi connectivity index (χ2n) is 17.2. The number of hydrogen-bond donors (Lipinski definition) is 0. The molecule has 4 aromatic heterocycles. The summed E-state index contributed by atoms with van der Waals surface area (Å²) in [5.41, 5.74) is 13.2. The van der Waals surface area contributed by atoms with Gasteiger partial charge in [-0.1, -0.05) is 194 Å². The summed E-state index contributed by atoms with van der Waals surface area (Å²) in [7, 11) is 0. The second kappa shape index (κ2) is 16.4. The van der Waals surface area contributed by atoms with Gasteiger partial charge in [-0.2, -0.15) is 9.97 Å². The quantitative estimate of drug-likeness (QED) is 0.152. The van der Waals surface area contributed by atoms with Gasteiger partial charge in [-0.25, -0.2) is 15.0 Å². The highest BCUT2D eigenvalue weighted by Crippen LogP contribution is 2.42. The summed E-state index contributed by atoms with van der Waals surface area (Å²) in [6.07, 6.45) is 9.44. The van der Waals surface area contributed by atoms with E-state index in [2.05, 4.69) is 209 Å². The summed E-state index contributed by atoms with van der Waals surface area (Å²) < 4.78 is 4.65. The van der Waals surface area contributed by atoms with Crippen molar-refractivity contribution in [1.82, 2.24) is 34.1 Å². The number of hydrogen-bond acceptors (Lipinski definition) is 5. The zero-order valence-corrected chi connectivity index (χ0v) is 36.9. The van der Waals surface area contributed by atoms with Crippen LogP contribution in [-0.2, 0) is 0 Å². The summed E-state index contributed by atoms with van der Waals surface area (Å²) in [4.78, 5) is 26.2. The van der Waals surface area contributed by atoms with Crippen molar-refractivity contribution >= 4 is 43.6 Å². The predicted octanol–water partition coefficient (Wildman–Crippen LogP) is 14.8. The van der Waals surface area contributed by atoms with Gasteiger partial charge in [0.05, 0.1) is 33.5 Å². The monoisotopic (exact) mass is 871 g/mol. The number of allylic oxidation sites excluding steroid dienone is 4. The van der Waals surface area contributed by atoms with Gasteiger partial charge >= 0.3 is 0 Å². The smallest absolute Gasteiger partial charge is 0.238 e. The summed E-state index contributed by atoms with van der Waals surface area (Å²) in [5.74, 6) is 2.67. The molecule has 0 saturated carbocycles. The predicted molar refractivity (Wildman–Crippen MR) is 277 cm³/mol. The lowest BCUT2D eigenvalue weighted by Gasteiger charge is -2.16. The Kier molecular flexibility index (Phi) is 9.49. The van der Waals surface area contributed by atoms with E-state index in [4.69, 9.17) is 24.9 Å². The molecule has 1 aliphatic carbocycles. The van der Waals surface area contributed by atoms with Crippen LogP contribution < -0.4 is 0 Å². The van der Waals surface area contributed by atoms with Crippen molar-refractivity contribution in [3.63, 3.8) is 0 Å². The van der Waals surface area contributed by atoms with Gasteiger partial charge in [0.25, 0.3) is 0 Å². The maximum Gasteiger partial charge on any atom is 0.238 e. The number of fused-ring (bicyclic) bond motifs is 7. The van der Waals surface area contributed by atoms with Gasteiger partial charge in [-0.15, -0.1) is 0 Å². The van der Waals surface area contributed by atoms with Crippen LogP contribution in [0.3, 0.4) is 0 Å². The Balaban J connectivity index is 1.03. The Morgan fingerprint density at radius 2 is 0.897 bits per heavy atom. The largest absolute Gasteiger partial charge is 0.307 e. The Hall–Kier alpha value is -9.07. The summed E-state index contributed by atoms with van der Waals surface area (Å²) in [5, 5.41) is 4.52. The molecule has 320 valence electrons. The van der Waals surface area contributed by atoms with Gasteiger partial charge in [-0.3, -0.25) is 4.57 Å². The topological polar surface area (TPSA) is 74.3 Å². The van der Waals surface area contributed by atoms with Gasteiger partial charge in [0.2, 0.25) is 5.95 Å². The van der Waals surface area contributed by atoms with E-state index in [1.807, 2.05) is 30.3 Å². The molecule has 1 unspecified atom stereocenters. The van der Waals surface area contributed by atoms with Crippen molar-refractivity contribution in [2.45, 2.75) is 12.3 Å². The summed E-state index contributed by atoms with van der Waals surface area (Å²) >= 11 is 0. The minimum absolute atomic E-state index is 0.108. The van der Waals surface area contributed by atoms with Crippen LogP contribution in [0.15, 0.2) is 231 Å². The first-order valence-corrected chi connectivity index (χ1v) is 23.0. The average Bonchev–Trinajstić information content (AvgIpc) is 3.95. The zero-order valence-electron chi connectivity index (χ0n) is 36.9. The molecule has 1 atom stereocenters. The fourth-order valence-electron chi connectivity index (χ4n) is 9.84. The van der Waals surface area contributed by atoms with Crippen LogP contribution in [0.2, 0.25) is 0 Å². The molecule has 0 spiro atoms. The SMILES string of the molecule is C1=CCC(c2nc(-c3ccccc3)cc(-c3ccc(-n4c5ccccc5c5ccc6c7ccccc7n(-c7nc(-c8ccccc8)nc(-c8cccc(-c9ccccc9)c8)n7)c6c54)cc3)n2)C=C1. The fraction of sp³-hybridized carbons (Fsp3) is 0.0328. The standard InChI is InChI=1S/C61H41N7/c1-5-18-40(19-6-1)45-26-17-27-46(38-45)60-64-59(44-24-11-4-12-25-44)65-61(66-60)68-55-31-16-14-29-49(55)51-37-36-50-48-28-13-15-30-54(48)67(56(50)57(51)68)47-34-32-42(33-35-47)53-39-52(41-20-7-2-8-21-41)62-58(63-53)43-22-9-3-10-23-43/h1-22,24-39,43H,23H2. The van der Waals surface area contributed by atoms with Crippen molar-refractivity contribution in [1.29, 1.82) is 0 Å². The highest BCUT2D eigenvalue weighted by Gasteiger charge is 2.24. The number of para-hydroxylation sites is 2. The van der Waals surface area contributed by atoms with Gasteiger partial charge < -0.3 is 4.57 Å². The molecule has 0 saturated heterocycles.